The number of benzene rings is 1. The molecule has 0 bridgehead atoms. The van der Waals surface area contributed by atoms with Crippen molar-refractivity contribution in [2.24, 2.45) is 0 Å². The van der Waals surface area contributed by atoms with E-state index in [0.29, 0.717) is 25.8 Å². The van der Waals surface area contributed by atoms with Gasteiger partial charge < -0.3 is 46.4 Å². The van der Waals surface area contributed by atoms with Crippen molar-refractivity contribution >= 4 is 41.4 Å². The SMILES string of the molecule is O=C(O)COCNC(=O)CNC(=O)[C@H](Cc1ccccc1)NC(=O)CNC(=O)CNC(=O)CCCCCN1C(=O)C=CC1O. The number of hydrogen-bond donors (Lipinski definition) is 7. The van der Waals surface area contributed by atoms with Crippen molar-refractivity contribution < 1.29 is 48.5 Å². The van der Waals surface area contributed by atoms with Crippen LogP contribution < -0.4 is 26.6 Å². The number of nitrogens with zero attached hydrogens (tertiary/aromatic N) is 1. The van der Waals surface area contributed by atoms with E-state index in [1.165, 1.54) is 17.1 Å². The predicted molar refractivity (Wildman–Crippen MR) is 153 cm³/mol. The molecule has 0 spiro atoms. The van der Waals surface area contributed by atoms with E-state index in [1.807, 2.05) is 0 Å². The van der Waals surface area contributed by atoms with Crippen LogP contribution in [0.15, 0.2) is 42.5 Å². The summed E-state index contributed by atoms with van der Waals surface area (Å²) in [6, 6.07) is 7.71. The number of amides is 6. The van der Waals surface area contributed by atoms with Crippen molar-refractivity contribution in [3.8, 4) is 0 Å². The van der Waals surface area contributed by atoms with Gasteiger partial charge in [-0.05, 0) is 24.5 Å². The zero-order valence-electron chi connectivity index (χ0n) is 24.1. The second kappa shape index (κ2) is 19.4. The average Bonchev–Trinajstić information content (AvgIpc) is 3.32. The van der Waals surface area contributed by atoms with Crippen LogP contribution in [-0.2, 0) is 44.7 Å². The highest BCUT2D eigenvalue weighted by molar-refractivity contribution is 5.93. The Morgan fingerprint density at radius 3 is 2.18 bits per heavy atom. The largest absolute Gasteiger partial charge is 0.480 e. The van der Waals surface area contributed by atoms with Gasteiger partial charge in [-0.3, -0.25) is 28.8 Å². The minimum atomic E-state index is -1.20. The van der Waals surface area contributed by atoms with Crippen LogP contribution in [0.4, 0.5) is 0 Å². The number of aliphatic hydroxyl groups excluding tert-OH is 1. The summed E-state index contributed by atoms with van der Waals surface area (Å²) < 4.78 is 4.70. The van der Waals surface area contributed by atoms with Gasteiger partial charge in [-0.15, -0.1) is 0 Å². The second-order valence-electron chi connectivity index (χ2n) is 9.68. The number of nitrogens with one attached hydrogen (secondary N) is 5. The van der Waals surface area contributed by atoms with Crippen LogP contribution in [0.2, 0.25) is 0 Å². The van der Waals surface area contributed by atoms with E-state index in [9.17, 15) is 38.7 Å². The van der Waals surface area contributed by atoms with E-state index in [0.717, 1.165) is 5.56 Å². The van der Waals surface area contributed by atoms with Crippen LogP contribution in [-0.4, -0.2) is 108 Å². The lowest BCUT2D eigenvalue weighted by atomic mass is 10.1. The van der Waals surface area contributed by atoms with Gasteiger partial charge in [0.15, 0.2) is 0 Å². The van der Waals surface area contributed by atoms with Crippen LogP contribution in [0.3, 0.4) is 0 Å². The Morgan fingerprint density at radius 2 is 1.50 bits per heavy atom. The van der Waals surface area contributed by atoms with Gasteiger partial charge in [0.25, 0.3) is 0 Å². The highest BCUT2D eigenvalue weighted by atomic mass is 16.5. The summed E-state index contributed by atoms with van der Waals surface area (Å²) in [7, 11) is 0. The lowest BCUT2D eigenvalue weighted by Crippen LogP contribution is -2.52. The fourth-order valence-electron chi connectivity index (χ4n) is 3.92. The molecule has 1 aliphatic rings. The van der Waals surface area contributed by atoms with E-state index in [-0.39, 0.29) is 37.9 Å². The van der Waals surface area contributed by atoms with Gasteiger partial charge in [0.05, 0.1) is 19.6 Å². The Morgan fingerprint density at radius 1 is 0.841 bits per heavy atom. The van der Waals surface area contributed by atoms with Gasteiger partial charge in [-0.1, -0.05) is 36.8 Å². The summed E-state index contributed by atoms with van der Waals surface area (Å²) >= 11 is 0. The molecule has 16 heteroatoms. The smallest absolute Gasteiger partial charge is 0.329 e. The van der Waals surface area contributed by atoms with Gasteiger partial charge in [0, 0.05) is 25.5 Å². The Hall–Kier alpha value is -4.83. The Bertz CT molecular complexity index is 1190. The first-order valence-corrected chi connectivity index (χ1v) is 13.9. The standard InChI is InChI=1S/C28H38N6O10/c35-21(9-5-2-6-12-34-25(39)10-11-26(34)40)29-14-22(36)30-16-24(38)33-20(13-19-7-3-1-4-8-19)28(43)31-15-23(37)32-18-44-17-27(41)42/h1,3-4,7-8,10-11,20,25,39H,2,5-6,9,12-18H2,(H,29,35)(H,30,36)(H,31,43)(H,32,37)(H,33,38)(H,41,42)/t20-,25?/m0/s1. The van der Waals surface area contributed by atoms with E-state index < -0.39 is 61.6 Å². The number of rotatable bonds is 20. The quantitative estimate of drug-likeness (QED) is 0.0600. The third-order valence-corrected chi connectivity index (χ3v) is 6.16. The van der Waals surface area contributed by atoms with E-state index >= 15 is 0 Å². The maximum absolute atomic E-state index is 12.8. The Balaban J connectivity index is 1.69. The average molecular weight is 619 g/mol. The third-order valence-electron chi connectivity index (χ3n) is 6.16. The summed E-state index contributed by atoms with van der Waals surface area (Å²) in [5.74, 6) is -4.42. The fraction of sp³-hybridized carbons (Fsp3) is 0.464. The molecule has 1 heterocycles. The summed E-state index contributed by atoms with van der Waals surface area (Å²) in [6.45, 7) is -1.87. The first-order valence-electron chi connectivity index (χ1n) is 13.9. The molecular weight excluding hydrogens is 580 g/mol. The molecule has 0 radical (unpaired) electrons. The number of aliphatic carboxylic acids is 1. The first-order chi connectivity index (χ1) is 21.0. The van der Waals surface area contributed by atoms with Crippen molar-refractivity contribution in [2.45, 2.75) is 44.4 Å². The minimum absolute atomic E-state index is 0.0948. The molecular formula is C28H38N6O10. The van der Waals surface area contributed by atoms with E-state index in [2.05, 4.69) is 26.6 Å². The predicted octanol–water partition coefficient (Wildman–Crippen LogP) is -2.49. The Labute approximate surface area is 253 Å². The van der Waals surface area contributed by atoms with Gasteiger partial charge in [-0.2, -0.15) is 0 Å². The van der Waals surface area contributed by atoms with Crippen LogP contribution in [0.25, 0.3) is 0 Å². The zero-order chi connectivity index (χ0) is 32.3. The fourth-order valence-corrected chi connectivity index (χ4v) is 3.92. The molecule has 1 unspecified atom stereocenters. The summed E-state index contributed by atoms with van der Waals surface area (Å²) in [6.07, 6.45) is 3.81. The molecule has 2 atom stereocenters. The minimum Gasteiger partial charge on any atom is -0.480 e. The van der Waals surface area contributed by atoms with Crippen molar-refractivity contribution in [3.05, 3.63) is 48.0 Å². The number of hydrogen-bond acceptors (Lipinski definition) is 9. The van der Waals surface area contributed by atoms with Crippen LogP contribution in [0.5, 0.6) is 0 Å². The molecule has 1 aliphatic heterocycles. The van der Waals surface area contributed by atoms with Crippen molar-refractivity contribution in [1.29, 1.82) is 0 Å². The maximum Gasteiger partial charge on any atom is 0.329 e. The molecule has 16 nitrogen and oxygen atoms in total. The number of unbranched alkanes of at least 4 members (excludes halogenated alkanes) is 2. The number of ether oxygens (including phenoxy) is 1. The first kappa shape index (κ1) is 35.4. The molecule has 0 aromatic heterocycles. The molecule has 2 rings (SSSR count). The maximum atomic E-state index is 12.8. The van der Waals surface area contributed by atoms with Gasteiger partial charge in [0.1, 0.15) is 25.6 Å². The monoisotopic (exact) mass is 618 g/mol. The number of carboxylic acid groups (broad SMARTS) is 1. The second-order valence-corrected chi connectivity index (χ2v) is 9.68. The molecule has 0 saturated carbocycles. The van der Waals surface area contributed by atoms with Crippen LogP contribution in [0.1, 0.15) is 31.2 Å². The van der Waals surface area contributed by atoms with E-state index in [4.69, 9.17) is 9.84 Å². The van der Waals surface area contributed by atoms with Crippen LogP contribution in [0, 0.1) is 0 Å². The molecule has 6 amide bonds. The summed E-state index contributed by atoms with van der Waals surface area (Å²) in [4.78, 5) is 84.6. The van der Waals surface area contributed by atoms with Gasteiger partial charge in [0.2, 0.25) is 35.4 Å². The lowest BCUT2D eigenvalue weighted by Gasteiger charge is -2.20. The van der Waals surface area contributed by atoms with E-state index in [1.54, 1.807) is 30.3 Å². The summed E-state index contributed by atoms with van der Waals surface area (Å²) in [5.41, 5.74) is 0.727. The number of aliphatic hydroxyl groups is 1. The number of carboxylic acids is 1. The van der Waals surface area contributed by atoms with Crippen molar-refractivity contribution in [2.75, 3.05) is 39.5 Å². The molecule has 0 aliphatic carbocycles. The van der Waals surface area contributed by atoms with Gasteiger partial charge >= 0.3 is 5.97 Å². The molecule has 7 N–H and O–H groups in total. The topological polar surface area (TPSA) is 233 Å². The highest BCUT2D eigenvalue weighted by Gasteiger charge is 2.23. The molecule has 1 aromatic rings. The molecule has 44 heavy (non-hydrogen) atoms. The van der Waals surface area contributed by atoms with Crippen molar-refractivity contribution in [1.82, 2.24) is 31.5 Å². The molecule has 0 saturated heterocycles. The normalized spacial score (nSPS) is 14.4. The number of carbonyl (C=O) groups excluding carboxylic acids is 6. The van der Waals surface area contributed by atoms with Gasteiger partial charge in [-0.25, -0.2) is 4.79 Å². The molecule has 0 fully saturated rings. The summed E-state index contributed by atoms with van der Waals surface area (Å²) in [5, 5.41) is 30.2. The Kier molecular flexibility index (Phi) is 15.6. The lowest BCUT2D eigenvalue weighted by molar-refractivity contribution is -0.143. The van der Waals surface area contributed by atoms with Crippen molar-refractivity contribution in [3.63, 3.8) is 0 Å². The number of carbonyl (C=O) groups is 7. The molecule has 1 aromatic carbocycles. The zero-order valence-corrected chi connectivity index (χ0v) is 24.1. The highest BCUT2D eigenvalue weighted by Crippen LogP contribution is 2.11. The van der Waals surface area contributed by atoms with Crippen LogP contribution >= 0.6 is 0 Å². The third kappa shape index (κ3) is 14.4. The molecule has 240 valence electrons.